The standard InChI is InChI=1S/C16H28N6O8/c17-8(3-5-11(23)24)13(27)21-9(4-6-12(25)26)14(28)22-10(15(29)30)2-1-7-20-16(18)19/h8-10H,1-7,17H2,(H,21,27)(H,22,28)(H,23,24)(H,25,26)(H,29,30)(H4,18,19,20)/t8-,9-,10-/m0/s1. The van der Waals surface area contributed by atoms with Gasteiger partial charge in [0, 0.05) is 19.4 Å². The van der Waals surface area contributed by atoms with Gasteiger partial charge in [0.05, 0.1) is 6.04 Å². The van der Waals surface area contributed by atoms with Crippen LogP contribution in [0.5, 0.6) is 0 Å². The van der Waals surface area contributed by atoms with Crippen molar-refractivity contribution in [2.24, 2.45) is 11.5 Å². The fraction of sp³-hybridized carbons (Fsp3) is 0.625. The SMILES string of the molecule is N=C(N)NCCC[C@H](NC(=O)[C@H](CCC(=O)O)NC(=O)[C@@H](N)CCC(=O)O)C(=O)O. The largest absolute Gasteiger partial charge is 0.481 e. The van der Waals surface area contributed by atoms with Gasteiger partial charge in [0.1, 0.15) is 12.1 Å². The molecule has 0 bridgehead atoms. The zero-order valence-electron chi connectivity index (χ0n) is 16.2. The molecule has 170 valence electrons. The summed E-state index contributed by atoms with van der Waals surface area (Å²) in [5.41, 5.74) is 10.7. The molecule has 14 heteroatoms. The van der Waals surface area contributed by atoms with Crippen LogP contribution in [0.3, 0.4) is 0 Å². The Bertz CT molecular complexity index is 656. The van der Waals surface area contributed by atoms with Crippen molar-refractivity contribution in [3.05, 3.63) is 0 Å². The van der Waals surface area contributed by atoms with Crippen molar-refractivity contribution in [3.63, 3.8) is 0 Å². The summed E-state index contributed by atoms with van der Waals surface area (Å²) in [5, 5.41) is 40.7. The topological polar surface area (TPSA) is 258 Å². The van der Waals surface area contributed by atoms with E-state index in [9.17, 15) is 29.1 Å². The molecule has 0 saturated carbocycles. The summed E-state index contributed by atoms with van der Waals surface area (Å²) < 4.78 is 0. The van der Waals surface area contributed by atoms with E-state index >= 15 is 0 Å². The van der Waals surface area contributed by atoms with Crippen molar-refractivity contribution in [2.75, 3.05) is 6.54 Å². The number of guanidine groups is 1. The molecule has 0 rings (SSSR count). The minimum absolute atomic E-state index is 0.0148. The Morgan fingerprint density at radius 1 is 0.833 bits per heavy atom. The van der Waals surface area contributed by atoms with Crippen LogP contribution in [0.15, 0.2) is 0 Å². The van der Waals surface area contributed by atoms with Gasteiger partial charge in [-0.05, 0) is 25.7 Å². The molecule has 0 radical (unpaired) electrons. The van der Waals surface area contributed by atoms with Crippen LogP contribution >= 0.6 is 0 Å². The third kappa shape index (κ3) is 12.1. The fourth-order valence-corrected chi connectivity index (χ4v) is 2.28. The van der Waals surface area contributed by atoms with E-state index in [0.29, 0.717) is 0 Å². The van der Waals surface area contributed by atoms with Gasteiger partial charge in [-0.3, -0.25) is 24.6 Å². The van der Waals surface area contributed by atoms with Gasteiger partial charge in [0.15, 0.2) is 5.96 Å². The van der Waals surface area contributed by atoms with Gasteiger partial charge in [0.25, 0.3) is 0 Å². The number of carbonyl (C=O) groups excluding carboxylic acids is 2. The Labute approximate surface area is 171 Å². The minimum Gasteiger partial charge on any atom is -0.481 e. The zero-order chi connectivity index (χ0) is 23.3. The number of rotatable bonds is 15. The van der Waals surface area contributed by atoms with E-state index in [1.54, 1.807) is 0 Å². The second-order valence-electron chi connectivity index (χ2n) is 6.41. The number of nitrogens with two attached hydrogens (primary N) is 2. The molecular weight excluding hydrogens is 404 g/mol. The van der Waals surface area contributed by atoms with E-state index in [-0.39, 0.29) is 44.6 Å². The monoisotopic (exact) mass is 432 g/mol. The van der Waals surface area contributed by atoms with Crippen LogP contribution in [0.4, 0.5) is 0 Å². The van der Waals surface area contributed by atoms with Crippen LogP contribution in [0.1, 0.15) is 38.5 Å². The Morgan fingerprint density at radius 3 is 1.87 bits per heavy atom. The lowest BCUT2D eigenvalue weighted by atomic mass is 10.1. The summed E-state index contributed by atoms with van der Waals surface area (Å²) in [5.74, 6) is -5.81. The fourth-order valence-electron chi connectivity index (χ4n) is 2.28. The smallest absolute Gasteiger partial charge is 0.326 e. The molecule has 0 saturated heterocycles. The van der Waals surface area contributed by atoms with Crippen LogP contribution in [-0.4, -0.2) is 75.7 Å². The molecule has 0 aromatic heterocycles. The average Bonchev–Trinajstić information content (AvgIpc) is 2.64. The molecule has 14 nitrogen and oxygen atoms in total. The lowest BCUT2D eigenvalue weighted by Gasteiger charge is -2.22. The molecule has 11 N–H and O–H groups in total. The first-order valence-corrected chi connectivity index (χ1v) is 9.04. The van der Waals surface area contributed by atoms with Gasteiger partial charge in [-0.15, -0.1) is 0 Å². The summed E-state index contributed by atoms with van der Waals surface area (Å²) in [7, 11) is 0. The van der Waals surface area contributed by atoms with Gasteiger partial charge >= 0.3 is 17.9 Å². The molecule has 0 aromatic rings. The first kappa shape index (κ1) is 26.6. The predicted octanol–water partition coefficient (Wildman–Crippen LogP) is -2.64. The second-order valence-corrected chi connectivity index (χ2v) is 6.41. The number of nitrogens with one attached hydrogen (secondary N) is 4. The maximum absolute atomic E-state index is 12.4. The van der Waals surface area contributed by atoms with Gasteiger partial charge < -0.3 is 42.7 Å². The minimum atomic E-state index is -1.37. The quantitative estimate of drug-likeness (QED) is 0.0733. The van der Waals surface area contributed by atoms with Gasteiger partial charge in [0.2, 0.25) is 11.8 Å². The van der Waals surface area contributed by atoms with Crippen LogP contribution in [0.25, 0.3) is 0 Å². The molecule has 0 heterocycles. The Kier molecular flexibility index (Phi) is 12.1. The molecule has 3 atom stereocenters. The molecule has 2 amide bonds. The number of carboxylic acids is 3. The number of hydrogen-bond donors (Lipinski definition) is 9. The van der Waals surface area contributed by atoms with Crippen LogP contribution in [-0.2, 0) is 24.0 Å². The maximum atomic E-state index is 12.4. The second kappa shape index (κ2) is 13.7. The number of hydrogen-bond acceptors (Lipinski definition) is 7. The summed E-state index contributed by atoms with van der Waals surface area (Å²) in [4.78, 5) is 57.3. The lowest BCUT2D eigenvalue weighted by molar-refractivity contribution is -0.143. The first-order chi connectivity index (χ1) is 13.9. The van der Waals surface area contributed by atoms with E-state index < -0.39 is 54.3 Å². The van der Waals surface area contributed by atoms with Gasteiger partial charge in [-0.2, -0.15) is 0 Å². The highest BCUT2D eigenvalue weighted by molar-refractivity contribution is 5.92. The molecule has 0 aliphatic rings. The Hall–Kier alpha value is -3.42. The Morgan fingerprint density at radius 2 is 1.37 bits per heavy atom. The summed E-state index contributed by atoms with van der Waals surface area (Å²) in [6, 6.07) is -3.94. The molecule has 0 fully saturated rings. The number of aliphatic carboxylic acids is 3. The summed E-state index contributed by atoms with van der Waals surface area (Å²) in [6.45, 7) is 0.201. The molecule has 0 aliphatic carbocycles. The number of carboxylic acid groups (broad SMARTS) is 3. The molecule has 0 unspecified atom stereocenters. The van der Waals surface area contributed by atoms with Gasteiger partial charge in [-0.25, -0.2) is 4.79 Å². The highest BCUT2D eigenvalue weighted by Gasteiger charge is 2.28. The normalized spacial score (nSPS) is 13.4. The van der Waals surface area contributed by atoms with Crippen molar-refractivity contribution in [1.82, 2.24) is 16.0 Å². The summed E-state index contributed by atoms with van der Waals surface area (Å²) in [6.07, 6.45) is -1.15. The van der Waals surface area contributed by atoms with Crippen molar-refractivity contribution >= 4 is 35.7 Å². The highest BCUT2D eigenvalue weighted by atomic mass is 16.4. The first-order valence-electron chi connectivity index (χ1n) is 9.04. The molecule has 30 heavy (non-hydrogen) atoms. The lowest BCUT2D eigenvalue weighted by Crippen LogP contribution is -2.54. The molecular formula is C16H28N6O8. The highest BCUT2D eigenvalue weighted by Crippen LogP contribution is 2.04. The van der Waals surface area contributed by atoms with Crippen LogP contribution < -0.4 is 27.4 Å². The van der Waals surface area contributed by atoms with E-state index in [2.05, 4.69) is 16.0 Å². The van der Waals surface area contributed by atoms with Crippen LogP contribution in [0, 0.1) is 5.41 Å². The number of amides is 2. The Balaban J connectivity index is 5.01. The zero-order valence-corrected chi connectivity index (χ0v) is 16.2. The van der Waals surface area contributed by atoms with Gasteiger partial charge in [-0.1, -0.05) is 0 Å². The predicted molar refractivity (Wildman–Crippen MR) is 102 cm³/mol. The molecule has 0 aromatic carbocycles. The maximum Gasteiger partial charge on any atom is 0.326 e. The number of carbonyl (C=O) groups is 5. The third-order valence-electron chi connectivity index (χ3n) is 3.89. The van der Waals surface area contributed by atoms with E-state index in [1.807, 2.05) is 0 Å². The van der Waals surface area contributed by atoms with E-state index in [4.69, 9.17) is 27.1 Å². The van der Waals surface area contributed by atoms with Crippen molar-refractivity contribution in [1.29, 1.82) is 5.41 Å². The van der Waals surface area contributed by atoms with E-state index in [0.717, 1.165) is 0 Å². The third-order valence-corrected chi connectivity index (χ3v) is 3.89. The average molecular weight is 432 g/mol. The molecule has 0 aliphatic heterocycles. The van der Waals surface area contributed by atoms with E-state index in [1.165, 1.54) is 0 Å². The molecule has 0 spiro atoms. The van der Waals surface area contributed by atoms with Crippen molar-refractivity contribution in [2.45, 2.75) is 56.7 Å². The van der Waals surface area contributed by atoms with Crippen molar-refractivity contribution in [3.8, 4) is 0 Å². The van der Waals surface area contributed by atoms with Crippen LogP contribution in [0.2, 0.25) is 0 Å². The van der Waals surface area contributed by atoms with Crippen molar-refractivity contribution < 1.29 is 39.3 Å². The summed E-state index contributed by atoms with van der Waals surface area (Å²) >= 11 is 0.